The van der Waals surface area contributed by atoms with Crippen molar-refractivity contribution < 1.29 is 14.7 Å². The number of carbonyl (C=O) groups is 2. The minimum Gasteiger partial charge on any atom is -0.480 e. The molecule has 1 amide bonds. The van der Waals surface area contributed by atoms with Crippen molar-refractivity contribution in [3.8, 4) is 0 Å². The average molecular weight is 310 g/mol. The maximum atomic E-state index is 11.8. The molecule has 0 saturated carbocycles. The van der Waals surface area contributed by atoms with Crippen molar-refractivity contribution in [2.45, 2.75) is 52.0 Å². The number of amides is 1. The zero-order valence-corrected chi connectivity index (χ0v) is 13.9. The molecular formula is C15H22N2O3S. The third-order valence-electron chi connectivity index (χ3n) is 3.14. The second kappa shape index (κ2) is 6.39. The number of carboxylic acid groups (broad SMARTS) is 1. The first kappa shape index (κ1) is 17.4. The molecular weight excluding hydrogens is 288 g/mol. The first-order valence-corrected chi connectivity index (χ1v) is 7.60. The standard InChI is InChI=1S/C15H22N2O3S/c1-6-15(5,13(19)20)17-11(18)8-7-10-9-16-12(21-10)14(2,3)4/h7-9H,6H2,1-5H3,(H,17,18)(H,19,20)/b8-7+. The number of hydrogen-bond donors (Lipinski definition) is 2. The second-order valence-electron chi connectivity index (χ2n) is 6.13. The number of aromatic nitrogens is 1. The molecule has 1 aromatic heterocycles. The number of nitrogens with one attached hydrogen (secondary N) is 1. The Hall–Kier alpha value is -1.69. The molecule has 0 aromatic carbocycles. The topological polar surface area (TPSA) is 79.3 Å². The minimum atomic E-state index is -1.24. The molecule has 0 spiro atoms. The van der Waals surface area contributed by atoms with Crippen LogP contribution in [0.3, 0.4) is 0 Å². The fourth-order valence-corrected chi connectivity index (χ4v) is 2.35. The Balaban J connectivity index is 2.75. The van der Waals surface area contributed by atoms with Crippen LogP contribution in [-0.2, 0) is 15.0 Å². The molecule has 2 N–H and O–H groups in total. The number of nitrogens with zero attached hydrogens (tertiary/aromatic N) is 1. The Morgan fingerprint density at radius 3 is 2.43 bits per heavy atom. The Morgan fingerprint density at radius 2 is 2.00 bits per heavy atom. The molecule has 116 valence electrons. The summed E-state index contributed by atoms with van der Waals surface area (Å²) in [6.07, 6.45) is 5.03. The molecule has 1 rings (SSSR count). The summed E-state index contributed by atoms with van der Waals surface area (Å²) in [4.78, 5) is 28.1. The van der Waals surface area contributed by atoms with Gasteiger partial charge in [0, 0.05) is 22.6 Å². The van der Waals surface area contributed by atoms with Crippen molar-refractivity contribution >= 4 is 29.3 Å². The summed E-state index contributed by atoms with van der Waals surface area (Å²) in [5.41, 5.74) is -1.27. The SMILES string of the molecule is CCC(C)(NC(=O)/C=C/c1cnc(C(C)(C)C)s1)C(=O)O. The van der Waals surface area contributed by atoms with Crippen LogP contribution in [-0.4, -0.2) is 27.5 Å². The molecule has 1 atom stereocenters. The average Bonchev–Trinajstić information content (AvgIpc) is 2.84. The van der Waals surface area contributed by atoms with E-state index in [0.29, 0.717) is 6.42 Å². The molecule has 0 saturated heterocycles. The van der Waals surface area contributed by atoms with E-state index in [-0.39, 0.29) is 5.41 Å². The van der Waals surface area contributed by atoms with Crippen LogP contribution < -0.4 is 5.32 Å². The van der Waals surface area contributed by atoms with E-state index in [1.807, 2.05) is 0 Å². The van der Waals surface area contributed by atoms with Crippen LogP contribution in [0.25, 0.3) is 6.08 Å². The lowest BCUT2D eigenvalue weighted by Crippen LogP contribution is -2.51. The van der Waals surface area contributed by atoms with Gasteiger partial charge >= 0.3 is 5.97 Å². The predicted octanol–water partition coefficient (Wildman–Crippen LogP) is 2.82. The zero-order valence-electron chi connectivity index (χ0n) is 13.1. The van der Waals surface area contributed by atoms with E-state index in [0.717, 1.165) is 9.88 Å². The zero-order chi connectivity index (χ0) is 16.3. The normalized spacial score (nSPS) is 14.9. The van der Waals surface area contributed by atoms with Crippen molar-refractivity contribution in [3.05, 3.63) is 22.2 Å². The maximum Gasteiger partial charge on any atom is 0.329 e. The summed E-state index contributed by atoms with van der Waals surface area (Å²) >= 11 is 1.52. The van der Waals surface area contributed by atoms with Crippen molar-refractivity contribution in [2.75, 3.05) is 0 Å². The van der Waals surface area contributed by atoms with Crippen molar-refractivity contribution in [3.63, 3.8) is 0 Å². The number of aliphatic carboxylic acids is 1. The van der Waals surface area contributed by atoms with E-state index in [1.54, 1.807) is 19.2 Å². The van der Waals surface area contributed by atoms with E-state index < -0.39 is 17.4 Å². The van der Waals surface area contributed by atoms with E-state index in [2.05, 4.69) is 31.1 Å². The molecule has 0 aliphatic heterocycles. The van der Waals surface area contributed by atoms with Crippen LogP contribution >= 0.6 is 11.3 Å². The number of carboxylic acids is 1. The largest absolute Gasteiger partial charge is 0.480 e. The molecule has 5 nitrogen and oxygen atoms in total. The van der Waals surface area contributed by atoms with Gasteiger partial charge in [0.15, 0.2) is 0 Å². The quantitative estimate of drug-likeness (QED) is 0.820. The lowest BCUT2D eigenvalue weighted by atomic mass is 9.98. The van der Waals surface area contributed by atoms with Crippen LogP contribution in [0.2, 0.25) is 0 Å². The molecule has 1 heterocycles. The Bertz CT molecular complexity index is 558. The van der Waals surface area contributed by atoms with Crippen LogP contribution in [0.5, 0.6) is 0 Å². The lowest BCUT2D eigenvalue weighted by molar-refractivity contribution is -0.146. The van der Waals surface area contributed by atoms with E-state index in [4.69, 9.17) is 5.11 Å². The molecule has 0 aliphatic rings. The van der Waals surface area contributed by atoms with Crippen LogP contribution in [0, 0.1) is 0 Å². The first-order chi connectivity index (χ1) is 9.58. The Morgan fingerprint density at radius 1 is 1.38 bits per heavy atom. The fraction of sp³-hybridized carbons (Fsp3) is 0.533. The van der Waals surface area contributed by atoms with Gasteiger partial charge in [0.25, 0.3) is 0 Å². The second-order valence-corrected chi connectivity index (χ2v) is 7.19. The first-order valence-electron chi connectivity index (χ1n) is 6.78. The highest BCUT2D eigenvalue weighted by Crippen LogP contribution is 2.27. The maximum absolute atomic E-state index is 11.8. The van der Waals surface area contributed by atoms with Gasteiger partial charge in [0.05, 0.1) is 5.01 Å². The van der Waals surface area contributed by atoms with E-state index in [9.17, 15) is 9.59 Å². The highest BCUT2D eigenvalue weighted by molar-refractivity contribution is 7.12. The molecule has 21 heavy (non-hydrogen) atoms. The summed E-state index contributed by atoms with van der Waals surface area (Å²) in [6.45, 7) is 9.44. The Kier molecular flexibility index (Phi) is 5.28. The smallest absolute Gasteiger partial charge is 0.329 e. The molecule has 1 unspecified atom stereocenters. The summed E-state index contributed by atoms with van der Waals surface area (Å²) in [7, 11) is 0. The van der Waals surface area contributed by atoms with Gasteiger partial charge in [-0.05, 0) is 19.4 Å². The van der Waals surface area contributed by atoms with Crippen LogP contribution in [0.1, 0.15) is 50.9 Å². The highest BCUT2D eigenvalue weighted by atomic mass is 32.1. The predicted molar refractivity (Wildman–Crippen MR) is 84.3 cm³/mol. The van der Waals surface area contributed by atoms with Crippen LogP contribution in [0.4, 0.5) is 0 Å². The van der Waals surface area contributed by atoms with Gasteiger partial charge in [-0.2, -0.15) is 0 Å². The molecule has 0 fully saturated rings. The highest BCUT2D eigenvalue weighted by Gasteiger charge is 2.32. The summed E-state index contributed by atoms with van der Waals surface area (Å²) in [6, 6.07) is 0. The molecule has 6 heteroatoms. The summed E-state index contributed by atoms with van der Waals surface area (Å²) in [5.74, 6) is -1.47. The number of hydrogen-bond acceptors (Lipinski definition) is 4. The molecule has 1 aromatic rings. The van der Waals surface area contributed by atoms with Crippen molar-refractivity contribution in [2.24, 2.45) is 0 Å². The summed E-state index contributed by atoms with van der Waals surface area (Å²) in [5, 5.41) is 12.6. The third kappa shape index (κ3) is 4.67. The van der Waals surface area contributed by atoms with Crippen molar-refractivity contribution in [1.29, 1.82) is 0 Å². The molecule has 0 aliphatic carbocycles. The molecule has 0 bridgehead atoms. The van der Waals surface area contributed by atoms with Crippen LogP contribution in [0.15, 0.2) is 12.3 Å². The fourth-order valence-electron chi connectivity index (χ4n) is 1.47. The lowest BCUT2D eigenvalue weighted by Gasteiger charge is -2.23. The van der Waals surface area contributed by atoms with Gasteiger partial charge in [0.1, 0.15) is 5.54 Å². The van der Waals surface area contributed by atoms with Gasteiger partial charge in [-0.3, -0.25) is 4.79 Å². The van der Waals surface area contributed by atoms with E-state index >= 15 is 0 Å². The van der Waals surface area contributed by atoms with Gasteiger partial charge in [0.2, 0.25) is 5.91 Å². The monoisotopic (exact) mass is 310 g/mol. The number of rotatable bonds is 5. The number of carbonyl (C=O) groups excluding carboxylic acids is 1. The van der Waals surface area contributed by atoms with Gasteiger partial charge < -0.3 is 10.4 Å². The van der Waals surface area contributed by atoms with Crippen molar-refractivity contribution in [1.82, 2.24) is 10.3 Å². The third-order valence-corrected chi connectivity index (χ3v) is 4.53. The summed E-state index contributed by atoms with van der Waals surface area (Å²) < 4.78 is 0. The van der Waals surface area contributed by atoms with Gasteiger partial charge in [-0.15, -0.1) is 11.3 Å². The minimum absolute atomic E-state index is 0.0247. The Labute approximate surface area is 129 Å². The van der Waals surface area contributed by atoms with E-state index in [1.165, 1.54) is 24.3 Å². The van der Waals surface area contributed by atoms with Gasteiger partial charge in [-0.25, -0.2) is 9.78 Å². The number of thiazole rings is 1. The molecule has 0 radical (unpaired) electrons. The van der Waals surface area contributed by atoms with Gasteiger partial charge in [-0.1, -0.05) is 27.7 Å².